The molecule has 0 saturated heterocycles. The molecule has 2 heterocycles. The molecule has 0 radical (unpaired) electrons. The van der Waals surface area contributed by atoms with Crippen LogP contribution >= 0.6 is 11.6 Å². The van der Waals surface area contributed by atoms with E-state index < -0.39 is 5.91 Å². The van der Waals surface area contributed by atoms with Gasteiger partial charge in [-0.2, -0.15) is 0 Å². The highest BCUT2D eigenvalue weighted by Gasteiger charge is 2.29. The summed E-state index contributed by atoms with van der Waals surface area (Å²) >= 11 is 6.01. The first kappa shape index (κ1) is 12.0. The summed E-state index contributed by atoms with van der Waals surface area (Å²) in [6.07, 6.45) is 1.64. The van der Waals surface area contributed by atoms with Crippen molar-refractivity contribution in [2.45, 2.75) is 5.92 Å². The van der Waals surface area contributed by atoms with Crippen molar-refractivity contribution in [3.05, 3.63) is 58.4 Å². The Morgan fingerprint density at radius 2 is 2.26 bits per heavy atom. The number of rotatable bonds is 2. The molecule has 1 aromatic heterocycles. The van der Waals surface area contributed by atoms with Crippen molar-refractivity contribution in [2.24, 2.45) is 5.73 Å². The van der Waals surface area contributed by atoms with Gasteiger partial charge in [-0.1, -0.05) is 11.6 Å². The topological polar surface area (TPSA) is 65.2 Å². The molecule has 0 saturated carbocycles. The number of benzene rings is 1. The minimum atomic E-state index is -0.487. The molecule has 0 unspecified atom stereocenters. The Bertz CT molecular complexity index is 658. The number of carbonyl (C=O) groups excluding carboxylic acids is 1. The van der Waals surface area contributed by atoms with Crippen molar-refractivity contribution in [1.29, 1.82) is 0 Å². The number of hydrogen-bond acceptors (Lipinski definition) is 3. The van der Waals surface area contributed by atoms with Crippen LogP contribution in [-0.4, -0.2) is 17.5 Å². The van der Waals surface area contributed by atoms with E-state index in [0.29, 0.717) is 22.9 Å². The van der Waals surface area contributed by atoms with Crippen LogP contribution in [0.5, 0.6) is 5.75 Å². The quantitative estimate of drug-likeness (QED) is 0.914. The number of nitrogens with zero attached hydrogens (tertiary/aromatic N) is 1. The standard InChI is InChI=1S/C14H11ClN2O2/c15-8-3-4-12-10(6-8)11(7-19-12)13-9(14(16)18)2-1-5-17-13/h1-6,11H,7H2,(H2,16,18)/t11-/m0/s1. The number of pyridine rings is 1. The zero-order valence-corrected chi connectivity index (χ0v) is 10.7. The van der Waals surface area contributed by atoms with Crippen LogP contribution in [0.25, 0.3) is 0 Å². The van der Waals surface area contributed by atoms with Crippen molar-refractivity contribution in [1.82, 2.24) is 4.98 Å². The normalized spacial score (nSPS) is 16.8. The molecule has 1 amide bonds. The van der Waals surface area contributed by atoms with Crippen LogP contribution in [0.1, 0.15) is 27.5 Å². The van der Waals surface area contributed by atoms with Crippen LogP contribution in [0.2, 0.25) is 5.02 Å². The Hall–Kier alpha value is -2.07. The van der Waals surface area contributed by atoms with E-state index in [2.05, 4.69) is 4.98 Å². The Balaban J connectivity index is 2.11. The van der Waals surface area contributed by atoms with Crippen LogP contribution in [0, 0.1) is 0 Å². The second-order valence-electron chi connectivity index (χ2n) is 4.35. The van der Waals surface area contributed by atoms with E-state index in [9.17, 15) is 4.79 Å². The molecule has 0 fully saturated rings. The van der Waals surface area contributed by atoms with Gasteiger partial charge in [0.05, 0.1) is 17.2 Å². The van der Waals surface area contributed by atoms with E-state index in [-0.39, 0.29) is 5.92 Å². The molecule has 3 rings (SSSR count). The van der Waals surface area contributed by atoms with Gasteiger partial charge in [0.1, 0.15) is 12.4 Å². The minimum absolute atomic E-state index is 0.114. The Labute approximate surface area is 115 Å². The predicted molar refractivity (Wildman–Crippen MR) is 71.5 cm³/mol. The Kier molecular flexibility index (Phi) is 2.87. The molecule has 1 aliphatic heterocycles. The second-order valence-corrected chi connectivity index (χ2v) is 4.78. The number of ether oxygens (including phenoxy) is 1. The molecule has 1 aromatic carbocycles. The SMILES string of the molecule is NC(=O)c1cccnc1[C@H]1COc2ccc(Cl)cc21. The molecule has 0 spiro atoms. The summed E-state index contributed by atoms with van der Waals surface area (Å²) in [5, 5.41) is 0.630. The monoisotopic (exact) mass is 274 g/mol. The summed E-state index contributed by atoms with van der Waals surface area (Å²) in [6, 6.07) is 8.81. The third kappa shape index (κ3) is 2.04. The number of aromatic nitrogens is 1. The summed E-state index contributed by atoms with van der Waals surface area (Å²) < 4.78 is 5.60. The summed E-state index contributed by atoms with van der Waals surface area (Å²) in [4.78, 5) is 15.8. The summed E-state index contributed by atoms with van der Waals surface area (Å²) in [5.74, 6) is 0.173. The first-order chi connectivity index (χ1) is 9.16. The maximum atomic E-state index is 11.5. The highest BCUT2D eigenvalue weighted by Crippen LogP contribution is 2.39. The largest absolute Gasteiger partial charge is 0.492 e. The highest BCUT2D eigenvalue weighted by molar-refractivity contribution is 6.30. The number of halogens is 1. The minimum Gasteiger partial charge on any atom is -0.492 e. The number of fused-ring (bicyclic) bond motifs is 1. The van der Waals surface area contributed by atoms with Gasteiger partial charge >= 0.3 is 0 Å². The molecular formula is C14H11ClN2O2. The molecule has 4 nitrogen and oxygen atoms in total. The molecule has 2 N–H and O–H groups in total. The average molecular weight is 275 g/mol. The molecule has 1 atom stereocenters. The molecular weight excluding hydrogens is 264 g/mol. The Morgan fingerprint density at radius 1 is 1.42 bits per heavy atom. The molecule has 1 aliphatic rings. The van der Waals surface area contributed by atoms with Crippen LogP contribution in [0.15, 0.2) is 36.5 Å². The van der Waals surface area contributed by atoms with Gasteiger partial charge in [0, 0.05) is 16.8 Å². The average Bonchev–Trinajstić information content (AvgIpc) is 2.81. The fourth-order valence-corrected chi connectivity index (χ4v) is 2.50. The zero-order valence-electron chi connectivity index (χ0n) is 9.97. The predicted octanol–water partition coefficient (Wildman–Crippen LogP) is 2.36. The molecule has 0 aliphatic carbocycles. The van der Waals surface area contributed by atoms with Gasteiger partial charge in [-0.25, -0.2) is 0 Å². The van der Waals surface area contributed by atoms with Crippen LogP contribution in [-0.2, 0) is 0 Å². The first-order valence-electron chi connectivity index (χ1n) is 5.84. The van der Waals surface area contributed by atoms with E-state index in [1.165, 1.54) is 0 Å². The first-order valence-corrected chi connectivity index (χ1v) is 6.21. The third-order valence-electron chi connectivity index (χ3n) is 3.19. The van der Waals surface area contributed by atoms with Crippen LogP contribution in [0.3, 0.4) is 0 Å². The van der Waals surface area contributed by atoms with Crippen molar-refractivity contribution in [3.63, 3.8) is 0 Å². The lowest BCUT2D eigenvalue weighted by atomic mass is 9.94. The van der Waals surface area contributed by atoms with E-state index in [0.717, 1.165) is 11.3 Å². The van der Waals surface area contributed by atoms with Gasteiger partial charge in [0.15, 0.2) is 0 Å². The van der Waals surface area contributed by atoms with Gasteiger partial charge < -0.3 is 10.5 Å². The molecule has 5 heteroatoms. The van der Waals surface area contributed by atoms with Crippen molar-refractivity contribution in [3.8, 4) is 5.75 Å². The lowest BCUT2D eigenvalue weighted by Crippen LogP contribution is -2.17. The number of carbonyl (C=O) groups is 1. The number of nitrogens with two attached hydrogens (primary N) is 1. The molecule has 19 heavy (non-hydrogen) atoms. The maximum Gasteiger partial charge on any atom is 0.250 e. The van der Waals surface area contributed by atoms with E-state index in [1.807, 2.05) is 12.1 Å². The Morgan fingerprint density at radius 3 is 3.05 bits per heavy atom. The summed E-state index contributed by atoms with van der Waals surface area (Å²) in [7, 11) is 0. The smallest absolute Gasteiger partial charge is 0.250 e. The van der Waals surface area contributed by atoms with Crippen LogP contribution < -0.4 is 10.5 Å². The van der Waals surface area contributed by atoms with Crippen LogP contribution in [0.4, 0.5) is 0 Å². The third-order valence-corrected chi connectivity index (χ3v) is 3.42. The van der Waals surface area contributed by atoms with Crippen molar-refractivity contribution >= 4 is 17.5 Å². The number of hydrogen-bond donors (Lipinski definition) is 1. The summed E-state index contributed by atoms with van der Waals surface area (Å²) in [6.45, 7) is 0.437. The lowest BCUT2D eigenvalue weighted by Gasteiger charge is -2.11. The molecule has 96 valence electrons. The summed E-state index contributed by atoms with van der Waals surface area (Å²) in [5.41, 5.74) is 7.38. The van der Waals surface area contributed by atoms with E-state index in [4.69, 9.17) is 22.1 Å². The zero-order chi connectivity index (χ0) is 13.4. The fraction of sp³-hybridized carbons (Fsp3) is 0.143. The van der Waals surface area contributed by atoms with E-state index >= 15 is 0 Å². The van der Waals surface area contributed by atoms with E-state index in [1.54, 1.807) is 24.4 Å². The van der Waals surface area contributed by atoms with Crippen molar-refractivity contribution < 1.29 is 9.53 Å². The lowest BCUT2D eigenvalue weighted by molar-refractivity contribution is 0.0998. The molecule has 2 aromatic rings. The fourth-order valence-electron chi connectivity index (χ4n) is 2.32. The number of amides is 1. The second kappa shape index (κ2) is 4.55. The molecule has 0 bridgehead atoms. The van der Waals surface area contributed by atoms with Gasteiger partial charge in [-0.15, -0.1) is 0 Å². The van der Waals surface area contributed by atoms with Gasteiger partial charge in [-0.05, 0) is 30.3 Å². The van der Waals surface area contributed by atoms with Gasteiger partial charge in [0.25, 0.3) is 5.91 Å². The maximum absolute atomic E-state index is 11.5. The van der Waals surface area contributed by atoms with Crippen molar-refractivity contribution in [2.75, 3.05) is 6.61 Å². The highest BCUT2D eigenvalue weighted by atomic mass is 35.5. The van der Waals surface area contributed by atoms with Gasteiger partial charge in [-0.3, -0.25) is 9.78 Å². The van der Waals surface area contributed by atoms with Gasteiger partial charge in [0.2, 0.25) is 0 Å². The number of primary amides is 1.